The summed E-state index contributed by atoms with van der Waals surface area (Å²) in [4.78, 5) is 9.57. The molecule has 0 bridgehead atoms. The zero-order chi connectivity index (χ0) is 19.4. The first-order valence-electron chi connectivity index (χ1n) is 9.74. The highest BCUT2D eigenvalue weighted by Gasteiger charge is 2.11. The molecule has 0 amide bonds. The Bertz CT molecular complexity index is 899. The molecule has 6 nitrogen and oxygen atoms in total. The van der Waals surface area contributed by atoms with E-state index in [1.165, 1.54) is 0 Å². The molecule has 0 aliphatic carbocycles. The largest absolute Gasteiger partial charge is 0.310 e. The molecule has 0 unspecified atom stereocenters. The van der Waals surface area contributed by atoms with Crippen LogP contribution in [0.4, 0.5) is 5.69 Å². The van der Waals surface area contributed by atoms with Crippen molar-refractivity contribution >= 4 is 16.7 Å². The maximum absolute atomic E-state index is 4.88. The van der Waals surface area contributed by atoms with E-state index in [-0.39, 0.29) is 0 Å². The van der Waals surface area contributed by atoms with Crippen LogP contribution in [0.1, 0.15) is 50.2 Å². The van der Waals surface area contributed by atoms with Gasteiger partial charge in [-0.2, -0.15) is 5.10 Å². The minimum atomic E-state index is 0.446. The standard InChI is InChI=1S/C21H30N6/c1-6-7-19-21(11-10-17(24-19)15(2)3)27(5)22-13-12-16-8-9-18-20(23-16)14-26(4)25-18/h8-11,14-15,22H,6-7,12-13H2,1-5H3. The lowest BCUT2D eigenvalue weighted by atomic mass is 10.1. The molecule has 3 rings (SSSR count). The van der Waals surface area contributed by atoms with E-state index in [0.29, 0.717) is 5.92 Å². The number of nitrogens with one attached hydrogen (secondary N) is 1. The fourth-order valence-electron chi connectivity index (χ4n) is 3.20. The Morgan fingerprint density at radius 1 is 1.07 bits per heavy atom. The molecule has 0 fully saturated rings. The molecule has 27 heavy (non-hydrogen) atoms. The van der Waals surface area contributed by atoms with Gasteiger partial charge in [0.25, 0.3) is 0 Å². The van der Waals surface area contributed by atoms with Gasteiger partial charge in [-0.1, -0.05) is 27.2 Å². The molecule has 0 saturated heterocycles. The van der Waals surface area contributed by atoms with E-state index in [2.05, 4.69) is 66.5 Å². The van der Waals surface area contributed by atoms with Gasteiger partial charge in [0.2, 0.25) is 0 Å². The van der Waals surface area contributed by atoms with Crippen LogP contribution in [0.2, 0.25) is 0 Å². The van der Waals surface area contributed by atoms with Crippen LogP contribution in [0.25, 0.3) is 11.0 Å². The first-order valence-corrected chi connectivity index (χ1v) is 9.74. The molecule has 1 N–H and O–H groups in total. The predicted molar refractivity (Wildman–Crippen MR) is 111 cm³/mol. The number of rotatable bonds is 8. The van der Waals surface area contributed by atoms with Gasteiger partial charge >= 0.3 is 0 Å². The number of aromatic nitrogens is 4. The molecule has 144 valence electrons. The van der Waals surface area contributed by atoms with Crippen molar-refractivity contribution in [2.45, 2.75) is 46.0 Å². The zero-order valence-electron chi connectivity index (χ0n) is 17.0. The predicted octanol–water partition coefficient (Wildman–Crippen LogP) is 3.62. The van der Waals surface area contributed by atoms with Crippen LogP contribution in [0.15, 0.2) is 30.5 Å². The Hall–Kier alpha value is -2.47. The van der Waals surface area contributed by atoms with Crippen LogP contribution in [-0.2, 0) is 19.9 Å². The molecule has 3 heterocycles. The summed E-state index contributed by atoms with van der Waals surface area (Å²) in [5, 5.41) is 6.46. The summed E-state index contributed by atoms with van der Waals surface area (Å²) in [6.07, 6.45) is 4.89. The topological polar surface area (TPSA) is 58.9 Å². The van der Waals surface area contributed by atoms with Crippen molar-refractivity contribution in [3.63, 3.8) is 0 Å². The van der Waals surface area contributed by atoms with Crippen molar-refractivity contribution in [3.05, 3.63) is 47.5 Å². The van der Waals surface area contributed by atoms with E-state index in [9.17, 15) is 0 Å². The highest BCUT2D eigenvalue weighted by Crippen LogP contribution is 2.22. The maximum Gasteiger partial charge on any atom is 0.111 e. The van der Waals surface area contributed by atoms with Gasteiger partial charge in [0.05, 0.1) is 17.6 Å². The van der Waals surface area contributed by atoms with Gasteiger partial charge in [0, 0.05) is 38.4 Å². The lowest BCUT2D eigenvalue weighted by molar-refractivity contribution is 0.660. The van der Waals surface area contributed by atoms with Crippen LogP contribution >= 0.6 is 0 Å². The quantitative estimate of drug-likeness (QED) is 0.617. The number of nitrogens with zero attached hydrogens (tertiary/aromatic N) is 5. The summed E-state index contributed by atoms with van der Waals surface area (Å²) in [7, 11) is 3.98. The van der Waals surface area contributed by atoms with Crippen molar-refractivity contribution in [2.75, 3.05) is 18.6 Å². The van der Waals surface area contributed by atoms with Gasteiger partial charge in [-0.3, -0.25) is 9.67 Å². The third-order valence-corrected chi connectivity index (χ3v) is 4.68. The number of hydrogen-bond acceptors (Lipinski definition) is 5. The molecule has 0 atom stereocenters. The maximum atomic E-state index is 4.88. The normalized spacial score (nSPS) is 11.5. The number of hydrogen-bond donors (Lipinski definition) is 1. The Morgan fingerprint density at radius 3 is 2.63 bits per heavy atom. The highest BCUT2D eigenvalue weighted by molar-refractivity contribution is 5.73. The summed E-state index contributed by atoms with van der Waals surface area (Å²) >= 11 is 0. The molecule has 0 radical (unpaired) electrons. The van der Waals surface area contributed by atoms with Crippen molar-refractivity contribution in [2.24, 2.45) is 7.05 Å². The van der Waals surface area contributed by atoms with E-state index < -0.39 is 0 Å². The number of pyridine rings is 2. The van der Waals surface area contributed by atoms with Gasteiger partial charge in [-0.25, -0.2) is 10.4 Å². The van der Waals surface area contributed by atoms with E-state index in [1.807, 2.05) is 19.3 Å². The monoisotopic (exact) mass is 366 g/mol. The fraction of sp³-hybridized carbons (Fsp3) is 0.476. The SMILES string of the molecule is CCCc1nc(C(C)C)ccc1N(C)NCCc1ccc2nn(C)cc2n1. The van der Waals surface area contributed by atoms with Crippen LogP contribution < -0.4 is 10.4 Å². The molecule has 0 aliphatic rings. The minimum Gasteiger partial charge on any atom is -0.310 e. The molecule has 3 aromatic heterocycles. The molecule has 0 saturated carbocycles. The summed E-state index contributed by atoms with van der Waals surface area (Å²) in [6.45, 7) is 7.38. The summed E-state index contributed by atoms with van der Waals surface area (Å²) in [5.74, 6) is 0.446. The van der Waals surface area contributed by atoms with Crippen molar-refractivity contribution in [1.29, 1.82) is 0 Å². The Balaban J connectivity index is 1.64. The van der Waals surface area contributed by atoms with E-state index in [1.54, 1.807) is 4.68 Å². The highest BCUT2D eigenvalue weighted by atomic mass is 15.5. The Kier molecular flexibility index (Phi) is 6.06. The minimum absolute atomic E-state index is 0.446. The van der Waals surface area contributed by atoms with Gasteiger partial charge in [0.15, 0.2) is 0 Å². The van der Waals surface area contributed by atoms with Gasteiger partial charge in [-0.15, -0.1) is 0 Å². The third kappa shape index (κ3) is 4.63. The van der Waals surface area contributed by atoms with Gasteiger partial charge < -0.3 is 5.01 Å². The second-order valence-electron chi connectivity index (χ2n) is 7.33. The van der Waals surface area contributed by atoms with Gasteiger partial charge in [-0.05, 0) is 36.6 Å². The number of hydrazine groups is 1. The Labute approximate surface area is 161 Å². The number of fused-ring (bicyclic) bond motifs is 1. The molecule has 0 aromatic carbocycles. The van der Waals surface area contributed by atoms with Crippen LogP contribution in [0.3, 0.4) is 0 Å². The lowest BCUT2D eigenvalue weighted by Gasteiger charge is -2.23. The average Bonchev–Trinajstić information content (AvgIpc) is 3.01. The van der Waals surface area contributed by atoms with Crippen LogP contribution in [0.5, 0.6) is 0 Å². The zero-order valence-corrected chi connectivity index (χ0v) is 17.0. The first-order chi connectivity index (χ1) is 13.0. The van der Waals surface area contributed by atoms with E-state index in [4.69, 9.17) is 4.98 Å². The Morgan fingerprint density at radius 2 is 1.89 bits per heavy atom. The summed E-state index contributed by atoms with van der Waals surface area (Å²) in [5.41, 5.74) is 9.90. The van der Waals surface area contributed by atoms with Crippen molar-refractivity contribution in [3.8, 4) is 0 Å². The van der Waals surface area contributed by atoms with Crippen LogP contribution in [0, 0.1) is 0 Å². The fourth-order valence-corrected chi connectivity index (χ4v) is 3.20. The number of anilines is 1. The molecule has 0 aliphatic heterocycles. The lowest BCUT2D eigenvalue weighted by Crippen LogP contribution is -2.36. The second kappa shape index (κ2) is 8.48. The van der Waals surface area contributed by atoms with E-state index >= 15 is 0 Å². The molecule has 0 spiro atoms. The summed E-state index contributed by atoms with van der Waals surface area (Å²) in [6, 6.07) is 8.41. The summed E-state index contributed by atoms with van der Waals surface area (Å²) < 4.78 is 1.80. The molecule has 3 aromatic rings. The van der Waals surface area contributed by atoms with E-state index in [0.717, 1.165) is 59.6 Å². The molecular formula is C21H30N6. The van der Waals surface area contributed by atoms with Crippen LogP contribution in [-0.4, -0.2) is 33.3 Å². The first kappa shape index (κ1) is 19.3. The second-order valence-corrected chi connectivity index (χ2v) is 7.33. The molecule has 6 heteroatoms. The smallest absolute Gasteiger partial charge is 0.111 e. The van der Waals surface area contributed by atoms with Crippen molar-refractivity contribution in [1.82, 2.24) is 25.2 Å². The molecular weight excluding hydrogens is 336 g/mol. The van der Waals surface area contributed by atoms with Crippen molar-refractivity contribution < 1.29 is 0 Å². The third-order valence-electron chi connectivity index (χ3n) is 4.68. The average molecular weight is 367 g/mol. The number of aryl methyl sites for hydroxylation is 2. The van der Waals surface area contributed by atoms with Gasteiger partial charge in [0.1, 0.15) is 11.0 Å².